The molecular formula is C25H26Br2O5. The highest BCUT2D eigenvalue weighted by molar-refractivity contribution is 9.11. The van der Waals surface area contributed by atoms with Crippen molar-refractivity contribution in [3.63, 3.8) is 0 Å². The van der Waals surface area contributed by atoms with Crippen LogP contribution in [0.1, 0.15) is 71.8 Å². The molecule has 0 atom stereocenters. The number of Topliss-reactive ketones (excluding diaryl/α,β-unsaturated/α-hetero) is 2. The predicted octanol–water partition coefficient (Wildman–Crippen LogP) is 6.54. The van der Waals surface area contributed by atoms with E-state index < -0.39 is 11.9 Å². The van der Waals surface area contributed by atoms with E-state index in [4.69, 9.17) is 9.47 Å². The number of carbonyl (C=O) groups excluding carboxylic acids is 3. The van der Waals surface area contributed by atoms with Gasteiger partial charge in [-0.05, 0) is 60.4 Å². The molecule has 3 aliphatic rings. The van der Waals surface area contributed by atoms with E-state index in [-0.39, 0.29) is 22.4 Å². The second-order valence-electron chi connectivity index (χ2n) is 10.5. The number of rotatable bonds is 2. The zero-order valence-electron chi connectivity index (χ0n) is 18.9. The van der Waals surface area contributed by atoms with Gasteiger partial charge in [-0.25, -0.2) is 0 Å². The van der Waals surface area contributed by atoms with Crippen LogP contribution in [-0.2, 0) is 19.1 Å². The van der Waals surface area contributed by atoms with Crippen LogP contribution >= 0.6 is 31.9 Å². The zero-order chi connectivity index (χ0) is 23.6. The second kappa shape index (κ2) is 7.94. The molecule has 170 valence electrons. The third kappa shape index (κ3) is 4.26. The van der Waals surface area contributed by atoms with Gasteiger partial charge in [0.25, 0.3) is 0 Å². The molecule has 0 aromatic heterocycles. The van der Waals surface area contributed by atoms with Crippen molar-refractivity contribution in [3.05, 3.63) is 49.3 Å². The van der Waals surface area contributed by atoms with E-state index >= 15 is 0 Å². The lowest BCUT2D eigenvalue weighted by Crippen LogP contribution is -2.37. The van der Waals surface area contributed by atoms with Crippen LogP contribution in [0.5, 0.6) is 5.75 Å². The largest absolute Gasteiger partial charge is 0.465 e. The first-order valence-corrected chi connectivity index (χ1v) is 12.2. The molecule has 2 aliphatic carbocycles. The highest BCUT2D eigenvalue weighted by Crippen LogP contribution is 2.54. The van der Waals surface area contributed by atoms with Crippen molar-refractivity contribution < 1.29 is 23.9 Å². The van der Waals surface area contributed by atoms with Crippen LogP contribution < -0.4 is 4.74 Å². The van der Waals surface area contributed by atoms with E-state index in [9.17, 15) is 14.4 Å². The number of halogens is 2. The van der Waals surface area contributed by atoms with Crippen molar-refractivity contribution in [2.75, 3.05) is 0 Å². The Labute approximate surface area is 204 Å². The highest BCUT2D eigenvalue weighted by Gasteiger charge is 2.48. The van der Waals surface area contributed by atoms with Gasteiger partial charge in [0, 0.05) is 49.7 Å². The molecule has 1 aromatic rings. The maximum atomic E-state index is 13.4. The molecular weight excluding hydrogens is 540 g/mol. The van der Waals surface area contributed by atoms with Gasteiger partial charge in [0.15, 0.2) is 17.3 Å². The fraction of sp³-hybridized carbons (Fsp3) is 0.480. The monoisotopic (exact) mass is 564 g/mol. The Morgan fingerprint density at radius 2 is 1.34 bits per heavy atom. The van der Waals surface area contributed by atoms with E-state index in [1.165, 1.54) is 6.92 Å². The van der Waals surface area contributed by atoms with Gasteiger partial charge >= 0.3 is 5.97 Å². The van der Waals surface area contributed by atoms with Crippen molar-refractivity contribution in [1.29, 1.82) is 0 Å². The third-order valence-corrected chi connectivity index (χ3v) is 7.36. The number of ether oxygens (including phenoxy) is 2. The van der Waals surface area contributed by atoms with Crippen LogP contribution in [0.4, 0.5) is 0 Å². The summed E-state index contributed by atoms with van der Waals surface area (Å²) < 4.78 is 12.8. The zero-order valence-corrected chi connectivity index (χ0v) is 22.0. The highest BCUT2D eigenvalue weighted by atomic mass is 79.9. The van der Waals surface area contributed by atoms with Gasteiger partial charge in [0.1, 0.15) is 11.5 Å². The summed E-state index contributed by atoms with van der Waals surface area (Å²) in [6.07, 6.45) is 2.09. The summed E-state index contributed by atoms with van der Waals surface area (Å²) in [5.41, 5.74) is 1.54. The minimum Gasteiger partial charge on any atom is -0.465 e. The fourth-order valence-corrected chi connectivity index (χ4v) is 6.38. The van der Waals surface area contributed by atoms with Crippen LogP contribution in [0, 0.1) is 10.8 Å². The molecule has 1 aliphatic heterocycles. The number of carbonyl (C=O) groups is 3. The van der Waals surface area contributed by atoms with E-state index in [0.717, 1.165) is 5.56 Å². The molecule has 0 saturated carbocycles. The van der Waals surface area contributed by atoms with Gasteiger partial charge in [-0.1, -0.05) is 27.7 Å². The van der Waals surface area contributed by atoms with Crippen LogP contribution in [0.15, 0.2) is 43.7 Å². The standard InChI is InChI=1S/C25H26Br2O5/c1-12(28)31-23-14(26)6-13(7-15(23)27)20-21-16(29)8-24(2,3)10-18(21)32-19-11-25(4,5)9-17(30)22(19)20/h6-7,20H,8-11H2,1-5H3. The Bertz CT molecular complexity index is 1050. The molecule has 1 heterocycles. The van der Waals surface area contributed by atoms with Crippen LogP contribution in [0.2, 0.25) is 0 Å². The first kappa shape index (κ1) is 23.4. The van der Waals surface area contributed by atoms with Crippen LogP contribution in [-0.4, -0.2) is 17.5 Å². The predicted molar refractivity (Wildman–Crippen MR) is 127 cm³/mol. The van der Waals surface area contributed by atoms with E-state index in [2.05, 4.69) is 59.6 Å². The topological polar surface area (TPSA) is 69.7 Å². The number of hydrogen-bond acceptors (Lipinski definition) is 5. The molecule has 0 fully saturated rings. The fourth-order valence-electron chi connectivity index (χ4n) is 5.00. The Hall–Kier alpha value is -1.73. The summed E-state index contributed by atoms with van der Waals surface area (Å²) in [5, 5.41) is 0. The van der Waals surface area contributed by atoms with Gasteiger partial charge < -0.3 is 9.47 Å². The lowest BCUT2D eigenvalue weighted by molar-refractivity contribution is -0.132. The maximum absolute atomic E-state index is 13.4. The summed E-state index contributed by atoms with van der Waals surface area (Å²) in [6, 6.07) is 3.66. The van der Waals surface area contributed by atoms with Crippen molar-refractivity contribution >= 4 is 49.4 Å². The molecule has 4 rings (SSSR count). The molecule has 0 spiro atoms. The number of esters is 1. The summed E-state index contributed by atoms with van der Waals surface area (Å²) >= 11 is 6.99. The summed E-state index contributed by atoms with van der Waals surface area (Å²) in [6.45, 7) is 9.59. The summed E-state index contributed by atoms with van der Waals surface area (Å²) in [7, 11) is 0. The number of benzene rings is 1. The molecule has 1 aromatic carbocycles. The first-order chi connectivity index (χ1) is 14.8. The number of hydrogen-bond donors (Lipinski definition) is 0. The average Bonchev–Trinajstić information content (AvgIpc) is 2.60. The molecule has 0 radical (unpaired) electrons. The quantitative estimate of drug-likeness (QED) is 0.301. The Kier molecular flexibility index (Phi) is 5.82. The summed E-state index contributed by atoms with van der Waals surface area (Å²) in [4.78, 5) is 38.2. The van der Waals surface area contributed by atoms with Gasteiger partial charge in [-0.2, -0.15) is 0 Å². The van der Waals surface area contributed by atoms with Crippen molar-refractivity contribution in [2.24, 2.45) is 10.8 Å². The van der Waals surface area contributed by atoms with Crippen molar-refractivity contribution in [2.45, 2.75) is 66.2 Å². The van der Waals surface area contributed by atoms with Gasteiger partial charge in [-0.3, -0.25) is 14.4 Å². The number of allylic oxidation sites excluding steroid dienone is 4. The average molecular weight is 566 g/mol. The van der Waals surface area contributed by atoms with Gasteiger partial charge in [0.05, 0.1) is 8.95 Å². The normalized spacial score (nSPS) is 22.3. The lowest BCUT2D eigenvalue weighted by Gasteiger charge is -2.42. The second-order valence-corrected chi connectivity index (χ2v) is 12.2. The Morgan fingerprint density at radius 3 is 1.75 bits per heavy atom. The molecule has 32 heavy (non-hydrogen) atoms. The van der Waals surface area contributed by atoms with Gasteiger partial charge in [0.2, 0.25) is 0 Å². The molecule has 0 amide bonds. The minimum absolute atomic E-state index is 0.0155. The maximum Gasteiger partial charge on any atom is 0.308 e. The van der Waals surface area contributed by atoms with Crippen molar-refractivity contribution in [1.82, 2.24) is 0 Å². The first-order valence-electron chi connectivity index (χ1n) is 10.7. The molecule has 0 N–H and O–H groups in total. The Morgan fingerprint density at radius 1 is 0.906 bits per heavy atom. The third-order valence-electron chi connectivity index (χ3n) is 6.18. The summed E-state index contributed by atoms with van der Waals surface area (Å²) in [5.74, 6) is 0.815. The molecule has 5 nitrogen and oxygen atoms in total. The molecule has 0 saturated heterocycles. The van der Waals surface area contributed by atoms with Gasteiger partial charge in [-0.15, -0.1) is 0 Å². The molecule has 0 unspecified atom stereocenters. The molecule has 7 heteroatoms. The number of ketones is 2. The van der Waals surface area contributed by atoms with Crippen LogP contribution in [0.25, 0.3) is 0 Å². The molecule has 0 bridgehead atoms. The SMILES string of the molecule is CC(=O)Oc1c(Br)cc(C2C3=C(CC(C)(C)CC3=O)OC3=C2C(=O)CC(C)(C)C3)cc1Br. The van der Waals surface area contributed by atoms with Crippen molar-refractivity contribution in [3.8, 4) is 5.75 Å². The lowest BCUT2D eigenvalue weighted by atomic mass is 9.65. The van der Waals surface area contributed by atoms with E-state index in [1.54, 1.807) is 0 Å². The Balaban J connectivity index is 1.92. The van der Waals surface area contributed by atoms with Crippen LogP contribution in [0.3, 0.4) is 0 Å². The minimum atomic E-state index is -0.500. The van der Waals surface area contributed by atoms with E-state index in [1.807, 2.05) is 12.1 Å². The van der Waals surface area contributed by atoms with E-state index in [0.29, 0.717) is 63.0 Å². The smallest absolute Gasteiger partial charge is 0.308 e.